The third-order valence-corrected chi connectivity index (χ3v) is 2.82. The van der Waals surface area contributed by atoms with Gasteiger partial charge in [0.15, 0.2) is 0 Å². The van der Waals surface area contributed by atoms with Crippen LogP contribution >= 0.6 is 11.6 Å². The standard InChI is InChI=1S/C13H19ClN2O/c1-3-4-10(15)8-13(17)16-12-6-5-9(2)7-11(12)14/h5-7,10H,3-4,8,15H2,1-2H3,(H,16,17). The molecule has 1 aromatic carbocycles. The van der Waals surface area contributed by atoms with Crippen molar-refractivity contribution in [3.8, 4) is 0 Å². The van der Waals surface area contributed by atoms with Crippen molar-refractivity contribution in [2.24, 2.45) is 5.73 Å². The Morgan fingerprint density at radius 2 is 2.24 bits per heavy atom. The van der Waals surface area contributed by atoms with Crippen LogP contribution in [-0.2, 0) is 4.79 Å². The van der Waals surface area contributed by atoms with Crippen LogP contribution in [0.4, 0.5) is 5.69 Å². The molecule has 1 atom stereocenters. The second-order valence-corrected chi connectivity index (χ2v) is 4.69. The second kappa shape index (κ2) is 6.62. The number of rotatable bonds is 5. The van der Waals surface area contributed by atoms with Crippen molar-refractivity contribution >= 4 is 23.2 Å². The molecule has 1 aromatic rings. The van der Waals surface area contributed by atoms with Crippen LogP contribution in [0.5, 0.6) is 0 Å². The maximum Gasteiger partial charge on any atom is 0.225 e. The molecule has 3 nitrogen and oxygen atoms in total. The van der Waals surface area contributed by atoms with Crippen molar-refractivity contribution in [3.05, 3.63) is 28.8 Å². The summed E-state index contributed by atoms with van der Waals surface area (Å²) in [7, 11) is 0. The summed E-state index contributed by atoms with van der Waals surface area (Å²) in [6, 6.07) is 5.46. The minimum Gasteiger partial charge on any atom is -0.327 e. The first-order valence-corrected chi connectivity index (χ1v) is 6.22. The van der Waals surface area contributed by atoms with Crippen LogP contribution in [0, 0.1) is 6.92 Å². The van der Waals surface area contributed by atoms with Gasteiger partial charge in [0.25, 0.3) is 0 Å². The van der Waals surface area contributed by atoms with Crippen molar-refractivity contribution in [3.63, 3.8) is 0 Å². The van der Waals surface area contributed by atoms with Crippen molar-refractivity contribution in [2.45, 2.75) is 39.2 Å². The molecule has 0 fully saturated rings. The largest absolute Gasteiger partial charge is 0.327 e. The predicted molar refractivity (Wildman–Crippen MR) is 72.3 cm³/mol. The number of benzene rings is 1. The molecule has 0 bridgehead atoms. The monoisotopic (exact) mass is 254 g/mol. The summed E-state index contributed by atoms with van der Waals surface area (Å²) in [5.74, 6) is -0.0864. The molecule has 0 saturated heterocycles. The zero-order valence-electron chi connectivity index (χ0n) is 10.3. The fraction of sp³-hybridized carbons (Fsp3) is 0.462. The lowest BCUT2D eigenvalue weighted by Crippen LogP contribution is -2.26. The van der Waals surface area contributed by atoms with Gasteiger partial charge < -0.3 is 11.1 Å². The van der Waals surface area contributed by atoms with Crippen molar-refractivity contribution in [2.75, 3.05) is 5.32 Å². The van der Waals surface area contributed by atoms with E-state index >= 15 is 0 Å². The summed E-state index contributed by atoms with van der Waals surface area (Å²) < 4.78 is 0. The van der Waals surface area contributed by atoms with Gasteiger partial charge in [0, 0.05) is 12.5 Å². The molecule has 0 heterocycles. The molecule has 4 heteroatoms. The van der Waals surface area contributed by atoms with Gasteiger partial charge in [-0.1, -0.05) is 31.0 Å². The summed E-state index contributed by atoms with van der Waals surface area (Å²) in [5.41, 5.74) is 7.52. The third kappa shape index (κ3) is 4.75. The Morgan fingerprint density at radius 1 is 1.53 bits per heavy atom. The van der Waals surface area contributed by atoms with Crippen LogP contribution in [0.3, 0.4) is 0 Å². The number of nitrogens with two attached hydrogens (primary N) is 1. The number of hydrogen-bond acceptors (Lipinski definition) is 2. The van der Waals surface area contributed by atoms with E-state index in [1.54, 1.807) is 6.07 Å². The van der Waals surface area contributed by atoms with Crippen molar-refractivity contribution in [1.29, 1.82) is 0 Å². The first-order chi connectivity index (χ1) is 8.02. The predicted octanol–water partition coefficient (Wildman–Crippen LogP) is 3.10. The van der Waals surface area contributed by atoms with Gasteiger partial charge in [-0.2, -0.15) is 0 Å². The molecule has 0 aromatic heterocycles. The number of halogens is 1. The van der Waals surface area contributed by atoms with E-state index in [2.05, 4.69) is 12.2 Å². The Morgan fingerprint density at radius 3 is 2.82 bits per heavy atom. The highest BCUT2D eigenvalue weighted by molar-refractivity contribution is 6.33. The molecule has 94 valence electrons. The molecule has 17 heavy (non-hydrogen) atoms. The summed E-state index contributed by atoms with van der Waals surface area (Å²) >= 11 is 6.03. The lowest BCUT2D eigenvalue weighted by atomic mass is 10.1. The fourth-order valence-corrected chi connectivity index (χ4v) is 1.92. The zero-order chi connectivity index (χ0) is 12.8. The minimum absolute atomic E-state index is 0.0794. The quantitative estimate of drug-likeness (QED) is 0.848. The number of aryl methyl sites for hydroxylation is 1. The fourth-order valence-electron chi connectivity index (χ4n) is 1.63. The molecule has 0 spiro atoms. The van der Waals surface area contributed by atoms with Gasteiger partial charge in [0.05, 0.1) is 10.7 Å². The molecule has 0 aliphatic carbocycles. The molecule has 0 aliphatic heterocycles. The Hall–Kier alpha value is -1.06. The summed E-state index contributed by atoms with van der Waals surface area (Å²) in [4.78, 5) is 11.7. The molecule has 1 rings (SSSR count). The van der Waals surface area contributed by atoms with Gasteiger partial charge in [0.1, 0.15) is 0 Å². The number of amides is 1. The SMILES string of the molecule is CCCC(N)CC(=O)Nc1ccc(C)cc1Cl. The second-order valence-electron chi connectivity index (χ2n) is 4.28. The average Bonchev–Trinajstić information content (AvgIpc) is 2.22. The molecule has 1 amide bonds. The highest BCUT2D eigenvalue weighted by Crippen LogP contribution is 2.22. The lowest BCUT2D eigenvalue weighted by molar-refractivity contribution is -0.116. The maximum absolute atomic E-state index is 11.7. The van der Waals surface area contributed by atoms with Gasteiger partial charge in [-0.15, -0.1) is 0 Å². The third-order valence-electron chi connectivity index (χ3n) is 2.51. The van der Waals surface area contributed by atoms with Gasteiger partial charge in [-0.3, -0.25) is 4.79 Å². The van der Waals surface area contributed by atoms with Crippen LogP contribution in [0.1, 0.15) is 31.7 Å². The number of hydrogen-bond donors (Lipinski definition) is 2. The molecule has 0 aliphatic rings. The van der Waals surface area contributed by atoms with E-state index in [4.69, 9.17) is 17.3 Å². The number of carbonyl (C=O) groups excluding carboxylic acids is 1. The van der Waals surface area contributed by atoms with Gasteiger partial charge in [-0.05, 0) is 31.0 Å². The Labute approximate surface area is 107 Å². The lowest BCUT2D eigenvalue weighted by Gasteiger charge is -2.11. The van der Waals surface area contributed by atoms with Crippen molar-refractivity contribution < 1.29 is 4.79 Å². The summed E-state index contributed by atoms with van der Waals surface area (Å²) in [6.45, 7) is 4.00. The molecule has 3 N–H and O–H groups in total. The normalized spacial score (nSPS) is 12.2. The molecule has 0 radical (unpaired) electrons. The minimum atomic E-state index is -0.0864. The molecular formula is C13H19ClN2O. The molecular weight excluding hydrogens is 236 g/mol. The Balaban J connectivity index is 2.56. The van der Waals surface area contributed by atoms with Crippen LogP contribution in [-0.4, -0.2) is 11.9 Å². The maximum atomic E-state index is 11.7. The topological polar surface area (TPSA) is 55.1 Å². The van der Waals surface area contributed by atoms with Gasteiger partial charge in [0.2, 0.25) is 5.91 Å². The Bertz CT molecular complexity index is 393. The molecule has 0 saturated carbocycles. The first kappa shape index (κ1) is 14.0. The first-order valence-electron chi connectivity index (χ1n) is 5.84. The van der Waals surface area contributed by atoms with Gasteiger partial charge >= 0.3 is 0 Å². The zero-order valence-corrected chi connectivity index (χ0v) is 11.1. The van der Waals surface area contributed by atoms with E-state index in [1.807, 2.05) is 19.1 Å². The highest BCUT2D eigenvalue weighted by atomic mass is 35.5. The van der Waals surface area contributed by atoms with E-state index in [1.165, 1.54) is 0 Å². The number of nitrogens with one attached hydrogen (secondary N) is 1. The number of anilines is 1. The highest BCUT2D eigenvalue weighted by Gasteiger charge is 2.10. The van der Waals surface area contributed by atoms with E-state index in [0.717, 1.165) is 18.4 Å². The van der Waals surface area contributed by atoms with E-state index in [-0.39, 0.29) is 11.9 Å². The van der Waals surface area contributed by atoms with Gasteiger partial charge in [-0.25, -0.2) is 0 Å². The van der Waals surface area contributed by atoms with Crippen LogP contribution < -0.4 is 11.1 Å². The summed E-state index contributed by atoms with van der Waals surface area (Å²) in [5, 5.41) is 3.33. The van der Waals surface area contributed by atoms with Crippen LogP contribution in [0.25, 0.3) is 0 Å². The van der Waals surface area contributed by atoms with Crippen LogP contribution in [0.2, 0.25) is 5.02 Å². The van der Waals surface area contributed by atoms with Crippen molar-refractivity contribution in [1.82, 2.24) is 0 Å². The van der Waals surface area contributed by atoms with E-state index in [0.29, 0.717) is 17.1 Å². The summed E-state index contributed by atoms with van der Waals surface area (Å²) in [6.07, 6.45) is 2.17. The smallest absolute Gasteiger partial charge is 0.225 e. The van der Waals surface area contributed by atoms with E-state index in [9.17, 15) is 4.79 Å². The van der Waals surface area contributed by atoms with Crippen LogP contribution in [0.15, 0.2) is 18.2 Å². The number of carbonyl (C=O) groups is 1. The molecule has 1 unspecified atom stereocenters. The van der Waals surface area contributed by atoms with E-state index < -0.39 is 0 Å². The Kier molecular flexibility index (Phi) is 5.45. The average molecular weight is 255 g/mol.